The Kier molecular flexibility index (Phi) is 6.00. The van der Waals surface area contributed by atoms with Gasteiger partial charge in [0.15, 0.2) is 6.61 Å². The lowest BCUT2D eigenvalue weighted by atomic mass is 10.1. The van der Waals surface area contributed by atoms with E-state index in [9.17, 15) is 14.7 Å². The highest BCUT2D eigenvalue weighted by Gasteiger charge is 2.13. The van der Waals surface area contributed by atoms with Gasteiger partial charge in [0, 0.05) is 11.6 Å². The first kappa shape index (κ1) is 16.8. The summed E-state index contributed by atoms with van der Waals surface area (Å²) in [6, 6.07) is 13.3. The third-order valence-corrected chi connectivity index (χ3v) is 3.36. The zero-order valence-electron chi connectivity index (χ0n) is 12.3. The second kappa shape index (κ2) is 8.19. The summed E-state index contributed by atoms with van der Waals surface area (Å²) in [5, 5.41) is 12.8. The first-order chi connectivity index (χ1) is 11.1. The van der Waals surface area contributed by atoms with Crippen LogP contribution in [0.5, 0.6) is 5.75 Å². The average molecular weight is 334 g/mol. The summed E-state index contributed by atoms with van der Waals surface area (Å²) in [5.74, 6) is -1.32. The number of benzene rings is 2. The summed E-state index contributed by atoms with van der Waals surface area (Å²) in [5.41, 5.74) is 1.07. The quantitative estimate of drug-likeness (QED) is 0.797. The fraction of sp³-hybridized carbons (Fsp3) is 0.176. The second-order valence-corrected chi connectivity index (χ2v) is 5.26. The Morgan fingerprint density at radius 2 is 1.78 bits per heavy atom. The number of aromatic hydroxyl groups is 1. The lowest BCUT2D eigenvalue weighted by Crippen LogP contribution is -2.30. The predicted octanol–water partition coefficient (Wildman–Crippen LogP) is 2.56. The highest BCUT2D eigenvalue weighted by molar-refractivity contribution is 6.30. The molecule has 0 spiro atoms. The van der Waals surface area contributed by atoms with Gasteiger partial charge in [-0.25, -0.2) is 4.79 Å². The number of phenols is 1. The van der Waals surface area contributed by atoms with E-state index in [1.807, 2.05) is 12.1 Å². The summed E-state index contributed by atoms with van der Waals surface area (Å²) >= 11 is 5.79. The number of amides is 1. The van der Waals surface area contributed by atoms with Crippen molar-refractivity contribution in [3.05, 3.63) is 64.7 Å². The number of carbonyl (C=O) groups excluding carboxylic acids is 2. The zero-order chi connectivity index (χ0) is 16.7. The molecule has 0 saturated carbocycles. The van der Waals surface area contributed by atoms with Gasteiger partial charge in [0.05, 0.1) is 0 Å². The number of esters is 1. The molecule has 0 aliphatic heterocycles. The third-order valence-electron chi connectivity index (χ3n) is 3.11. The van der Waals surface area contributed by atoms with E-state index in [1.165, 1.54) is 12.1 Å². The third kappa shape index (κ3) is 5.30. The molecule has 0 heterocycles. The molecule has 2 rings (SSSR count). The van der Waals surface area contributed by atoms with Gasteiger partial charge in [-0.3, -0.25) is 4.79 Å². The van der Waals surface area contributed by atoms with E-state index in [2.05, 4.69) is 5.32 Å². The van der Waals surface area contributed by atoms with Crippen LogP contribution in [0.15, 0.2) is 48.5 Å². The molecule has 23 heavy (non-hydrogen) atoms. The summed E-state index contributed by atoms with van der Waals surface area (Å²) in [6.45, 7) is 0.0301. The number of rotatable bonds is 6. The fourth-order valence-electron chi connectivity index (χ4n) is 1.90. The van der Waals surface area contributed by atoms with E-state index < -0.39 is 18.5 Å². The summed E-state index contributed by atoms with van der Waals surface area (Å²) in [4.78, 5) is 23.4. The van der Waals surface area contributed by atoms with Crippen LogP contribution in [0.4, 0.5) is 0 Å². The summed E-state index contributed by atoms with van der Waals surface area (Å²) < 4.78 is 4.86. The smallest absolute Gasteiger partial charge is 0.342 e. The van der Waals surface area contributed by atoms with Gasteiger partial charge in [0.25, 0.3) is 5.91 Å². The van der Waals surface area contributed by atoms with Crippen LogP contribution in [0.2, 0.25) is 5.02 Å². The maximum Gasteiger partial charge on any atom is 0.342 e. The number of para-hydroxylation sites is 1. The molecule has 0 atom stereocenters. The molecular weight excluding hydrogens is 318 g/mol. The molecule has 0 saturated heterocycles. The Bertz CT molecular complexity index is 685. The van der Waals surface area contributed by atoms with Crippen LogP contribution in [0.3, 0.4) is 0 Å². The van der Waals surface area contributed by atoms with Crippen molar-refractivity contribution in [1.29, 1.82) is 0 Å². The molecule has 0 aromatic heterocycles. The molecular formula is C17H16ClNO4. The minimum atomic E-state index is -0.740. The number of ether oxygens (including phenoxy) is 1. The van der Waals surface area contributed by atoms with Crippen LogP contribution in [0, 0.1) is 0 Å². The van der Waals surface area contributed by atoms with Gasteiger partial charge in [0.2, 0.25) is 0 Å². The standard InChI is InChI=1S/C17H16ClNO4/c18-13-7-5-12(6-8-13)9-10-19-16(21)11-23-17(22)14-3-1-2-4-15(14)20/h1-8,20H,9-11H2,(H,19,21). The molecule has 5 nitrogen and oxygen atoms in total. The van der Waals surface area contributed by atoms with Gasteiger partial charge >= 0.3 is 5.97 Å². The van der Waals surface area contributed by atoms with Crippen LogP contribution in [-0.4, -0.2) is 30.1 Å². The molecule has 0 aliphatic rings. The Hall–Kier alpha value is -2.53. The topological polar surface area (TPSA) is 75.6 Å². The van der Waals surface area contributed by atoms with E-state index in [-0.39, 0.29) is 11.3 Å². The predicted molar refractivity (Wildman–Crippen MR) is 86.6 cm³/mol. The monoisotopic (exact) mass is 333 g/mol. The van der Waals surface area contributed by atoms with Gasteiger partial charge in [-0.1, -0.05) is 35.9 Å². The van der Waals surface area contributed by atoms with Crippen molar-refractivity contribution < 1.29 is 19.4 Å². The van der Waals surface area contributed by atoms with Gasteiger partial charge < -0.3 is 15.2 Å². The largest absolute Gasteiger partial charge is 0.507 e. The second-order valence-electron chi connectivity index (χ2n) is 4.82. The van der Waals surface area contributed by atoms with Gasteiger partial charge in [0.1, 0.15) is 11.3 Å². The zero-order valence-corrected chi connectivity index (χ0v) is 13.0. The Balaban J connectivity index is 1.72. The van der Waals surface area contributed by atoms with Crippen LogP contribution >= 0.6 is 11.6 Å². The average Bonchev–Trinajstić information content (AvgIpc) is 2.55. The van der Waals surface area contributed by atoms with Crippen molar-refractivity contribution >= 4 is 23.5 Å². The molecule has 0 fully saturated rings. The van der Waals surface area contributed by atoms with Crippen molar-refractivity contribution in [2.24, 2.45) is 0 Å². The number of hydrogen-bond acceptors (Lipinski definition) is 4. The highest BCUT2D eigenvalue weighted by Crippen LogP contribution is 2.16. The Morgan fingerprint density at radius 1 is 1.09 bits per heavy atom. The van der Waals surface area contributed by atoms with Crippen molar-refractivity contribution in [3.63, 3.8) is 0 Å². The minimum absolute atomic E-state index is 0.0291. The van der Waals surface area contributed by atoms with Crippen LogP contribution < -0.4 is 5.32 Å². The Morgan fingerprint density at radius 3 is 2.48 bits per heavy atom. The van der Waals surface area contributed by atoms with Crippen LogP contribution in [0.25, 0.3) is 0 Å². The number of hydrogen-bond donors (Lipinski definition) is 2. The number of phenolic OH excluding ortho intramolecular Hbond substituents is 1. The first-order valence-electron chi connectivity index (χ1n) is 7.02. The molecule has 0 aliphatic carbocycles. The van der Waals surface area contributed by atoms with E-state index >= 15 is 0 Å². The SMILES string of the molecule is O=C(COC(=O)c1ccccc1O)NCCc1ccc(Cl)cc1. The summed E-state index contributed by atoms with van der Waals surface area (Å²) in [7, 11) is 0. The minimum Gasteiger partial charge on any atom is -0.507 e. The molecule has 2 aromatic rings. The van der Waals surface area contributed by atoms with Crippen molar-refractivity contribution in [3.8, 4) is 5.75 Å². The molecule has 0 unspecified atom stereocenters. The van der Waals surface area contributed by atoms with Crippen LogP contribution in [-0.2, 0) is 16.0 Å². The van der Waals surface area contributed by atoms with Gasteiger partial charge in [-0.2, -0.15) is 0 Å². The van der Waals surface area contributed by atoms with Crippen molar-refractivity contribution in [1.82, 2.24) is 5.32 Å². The number of carbonyl (C=O) groups is 2. The fourth-order valence-corrected chi connectivity index (χ4v) is 2.03. The number of halogens is 1. The Labute approximate surface area is 138 Å². The van der Waals surface area contributed by atoms with E-state index in [4.69, 9.17) is 16.3 Å². The lowest BCUT2D eigenvalue weighted by molar-refractivity contribution is -0.124. The molecule has 6 heteroatoms. The van der Waals surface area contributed by atoms with Crippen LogP contribution in [0.1, 0.15) is 15.9 Å². The molecule has 1 amide bonds. The normalized spacial score (nSPS) is 10.1. The van der Waals surface area contributed by atoms with E-state index in [1.54, 1.807) is 24.3 Å². The molecule has 0 bridgehead atoms. The number of nitrogens with one attached hydrogen (secondary N) is 1. The van der Waals surface area contributed by atoms with Crippen molar-refractivity contribution in [2.75, 3.05) is 13.2 Å². The molecule has 2 N–H and O–H groups in total. The maximum absolute atomic E-state index is 11.7. The molecule has 2 aromatic carbocycles. The first-order valence-corrected chi connectivity index (χ1v) is 7.40. The molecule has 120 valence electrons. The van der Waals surface area contributed by atoms with E-state index in [0.717, 1.165) is 5.56 Å². The van der Waals surface area contributed by atoms with E-state index in [0.29, 0.717) is 18.0 Å². The molecule has 0 radical (unpaired) electrons. The summed E-state index contributed by atoms with van der Waals surface area (Å²) in [6.07, 6.45) is 0.649. The van der Waals surface area contributed by atoms with Gasteiger partial charge in [-0.05, 0) is 36.2 Å². The maximum atomic E-state index is 11.7. The van der Waals surface area contributed by atoms with Gasteiger partial charge in [-0.15, -0.1) is 0 Å². The highest BCUT2D eigenvalue weighted by atomic mass is 35.5. The van der Waals surface area contributed by atoms with Crippen molar-refractivity contribution in [2.45, 2.75) is 6.42 Å². The lowest BCUT2D eigenvalue weighted by Gasteiger charge is -2.07.